The van der Waals surface area contributed by atoms with E-state index in [-0.39, 0.29) is 6.04 Å². The Bertz CT molecular complexity index is 1230. The highest BCUT2D eigenvalue weighted by Gasteiger charge is 2.25. The largest absolute Gasteiger partial charge is 0.306 e. The fourth-order valence-electron chi connectivity index (χ4n) is 4.30. The Morgan fingerprint density at radius 3 is 2.53 bits per heavy atom. The normalized spacial score (nSPS) is 15.5. The second-order valence-electron chi connectivity index (χ2n) is 8.14. The average Bonchev–Trinajstić information content (AvgIpc) is 3.23. The van der Waals surface area contributed by atoms with E-state index in [1.165, 1.54) is 12.1 Å². The van der Waals surface area contributed by atoms with Gasteiger partial charge in [0.15, 0.2) is 5.82 Å². The second-order valence-corrected chi connectivity index (χ2v) is 8.14. The third-order valence-electron chi connectivity index (χ3n) is 5.92. The summed E-state index contributed by atoms with van der Waals surface area (Å²) in [6.07, 6.45) is 8.26. The van der Waals surface area contributed by atoms with E-state index in [0.29, 0.717) is 12.2 Å². The van der Waals surface area contributed by atoms with E-state index in [0.717, 1.165) is 59.1 Å². The molecule has 2 aromatic heterocycles. The van der Waals surface area contributed by atoms with Crippen LogP contribution in [0.4, 0.5) is 8.78 Å². The number of benzene rings is 2. The van der Waals surface area contributed by atoms with Crippen molar-refractivity contribution in [2.24, 2.45) is 0 Å². The summed E-state index contributed by atoms with van der Waals surface area (Å²) in [5.41, 5.74) is 5.63. The Hall–Kier alpha value is -3.45. The van der Waals surface area contributed by atoms with Crippen molar-refractivity contribution in [2.45, 2.75) is 38.8 Å². The summed E-state index contributed by atoms with van der Waals surface area (Å²) < 4.78 is 29.0. The van der Waals surface area contributed by atoms with Crippen molar-refractivity contribution < 1.29 is 8.78 Å². The summed E-state index contributed by atoms with van der Waals surface area (Å²) in [4.78, 5) is 9.08. The minimum absolute atomic E-state index is 0.113. The van der Waals surface area contributed by atoms with Gasteiger partial charge in [0.25, 0.3) is 0 Å². The van der Waals surface area contributed by atoms with Crippen LogP contribution in [0.25, 0.3) is 17.1 Å². The highest BCUT2D eigenvalue weighted by Crippen LogP contribution is 2.31. The second kappa shape index (κ2) is 8.59. The summed E-state index contributed by atoms with van der Waals surface area (Å²) in [6, 6.07) is 11.7. The molecule has 1 aliphatic carbocycles. The minimum atomic E-state index is -0.608. The SMILES string of the molecule is Cc1ccccc1-c1ncc(CN[C@@H]2CCCc3c2cnn3-c2cc(F)cc(F)c2)cn1. The molecule has 0 saturated carbocycles. The molecule has 4 aromatic rings. The summed E-state index contributed by atoms with van der Waals surface area (Å²) in [5.74, 6) is -0.497. The molecule has 0 saturated heterocycles. The Kier molecular flexibility index (Phi) is 5.49. The van der Waals surface area contributed by atoms with Crippen molar-refractivity contribution in [3.63, 3.8) is 0 Å². The molecule has 5 rings (SSSR count). The predicted octanol–water partition coefficient (Wildman–Crippen LogP) is 5.08. The summed E-state index contributed by atoms with van der Waals surface area (Å²) in [6.45, 7) is 2.67. The molecule has 0 spiro atoms. The lowest BCUT2D eigenvalue weighted by molar-refractivity contribution is 0.454. The van der Waals surface area contributed by atoms with Crippen LogP contribution in [0.1, 0.15) is 41.3 Å². The lowest BCUT2D eigenvalue weighted by Gasteiger charge is -2.24. The van der Waals surface area contributed by atoms with Gasteiger partial charge in [0.2, 0.25) is 0 Å². The molecule has 0 bridgehead atoms. The molecule has 2 heterocycles. The van der Waals surface area contributed by atoms with Crippen LogP contribution in [0.2, 0.25) is 0 Å². The maximum absolute atomic E-state index is 13.7. The van der Waals surface area contributed by atoms with Gasteiger partial charge in [-0.3, -0.25) is 0 Å². The zero-order chi connectivity index (χ0) is 22.1. The maximum Gasteiger partial charge on any atom is 0.159 e. The van der Waals surface area contributed by atoms with E-state index in [2.05, 4.69) is 20.4 Å². The van der Waals surface area contributed by atoms with E-state index >= 15 is 0 Å². The topological polar surface area (TPSA) is 55.6 Å². The van der Waals surface area contributed by atoms with Gasteiger partial charge < -0.3 is 5.32 Å². The van der Waals surface area contributed by atoms with Gasteiger partial charge in [-0.05, 0) is 43.9 Å². The van der Waals surface area contributed by atoms with E-state index in [1.54, 1.807) is 10.9 Å². The molecule has 0 fully saturated rings. The number of aryl methyl sites for hydroxylation is 1. The smallest absolute Gasteiger partial charge is 0.159 e. The number of nitrogens with zero attached hydrogens (tertiary/aromatic N) is 4. The molecule has 0 radical (unpaired) electrons. The fourth-order valence-corrected chi connectivity index (χ4v) is 4.30. The fraction of sp³-hybridized carbons (Fsp3) is 0.240. The molecule has 1 atom stereocenters. The number of fused-ring (bicyclic) bond motifs is 1. The van der Waals surface area contributed by atoms with Gasteiger partial charge in [0.05, 0.1) is 11.9 Å². The summed E-state index contributed by atoms with van der Waals surface area (Å²) >= 11 is 0. The lowest BCUT2D eigenvalue weighted by Crippen LogP contribution is -2.25. The lowest BCUT2D eigenvalue weighted by atomic mass is 9.92. The summed E-state index contributed by atoms with van der Waals surface area (Å²) in [5, 5.41) is 8.00. The molecule has 162 valence electrons. The summed E-state index contributed by atoms with van der Waals surface area (Å²) in [7, 11) is 0. The number of aromatic nitrogens is 4. The third kappa shape index (κ3) is 4.03. The molecule has 5 nitrogen and oxygen atoms in total. The van der Waals surface area contributed by atoms with Crippen molar-refractivity contribution in [1.82, 2.24) is 25.1 Å². The van der Waals surface area contributed by atoms with Crippen LogP contribution in [-0.4, -0.2) is 19.7 Å². The number of rotatable bonds is 5. The molecular formula is C25H23F2N5. The van der Waals surface area contributed by atoms with E-state index in [9.17, 15) is 8.78 Å². The maximum atomic E-state index is 13.7. The number of hydrogen-bond donors (Lipinski definition) is 1. The van der Waals surface area contributed by atoms with Crippen molar-refractivity contribution in [3.8, 4) is 17.1 Å². The minimum Gasteiger partial charge on any atom is -0.306 e. The Morgan fingerprint density at radius 2 is 1.78 bits per heavy atom. The highest BCUT2D eigenvalue weighted by molar-refractivity contribution is 5.59. The quantitative estimate of drug-likeness (QED) is 0.479. The van der Waals surface area contributed by atoms with Gasteiger partial charge >= 0.3 is 0 Å². The first kappa shape index (κ1) is 20.5. The van der Waals surface area contributed by atoms with Gasteiger partial charge in [-0.15, -0.1) is 0 Å². The number of halogens is 2. The van der Waals surface area contributed by atoms with Gasteiger partial charge in [-0.2, -0.15) is 5.10 Å². The van der Waals surface area contributed by atoms with Gasteiger partial charge in [0, 0.05) is 53.4 Å². The van der Waals surface area contributed by atoms with Crippen LogP contribution < -0.4 is 5.32 Å². The van der Waals surface area contributed by atoms with Crippen LogP contribution in [0.15, 0.2) is 61.1 Å². The van der Waals surface area contributed by atoms with Crippen LogP contribution in [0, 0.1) is 18.6 Å². The highest BCUT2D eigenvalue weighted by atomic mass is 19.1. The molecule has 1 N–H and O–H groups in total. The molecule has 32 heavy (non-hydrogen) atoms. The molecule has 0 amide bonds. The molecule has 2 aromatic carbocycles. The molecule has 0 aliphatic heterocycles. The monoisotopic (exact) mass is 431 g/mol. The molecule has 1 aliphatic rings. The van der Waals surface area contributed by atoms with Crippen LogP contribution in [0.5, 0.6) is 0 Å². The molecule has 7 heteroatoms. The molecule has 0 unspecified atom stereocenters. The van der Waals surface area contributed by atoms with Crippen molar-refractivity contribution in [1.29, 1.82) is 0 Å². The Labute approximate surface area is 185 Å². The van der Waals surface area contributed by atoms with Crippen molar-refractivity contribution in [2.75, 3.05) is 0 Å². The van der Waals surface area contributed by atoms with Gasteiger partial charge in [-0.25, -0.2) is 23.4 Å². The van der Waals surface area contributed by atoms with E-state index in [4.69, 9.17) is 0 Å². The van der Waals surface area contributed by atoms with Crippen LogP contribution in [-0.2, 0) is 13.0 Å². The number of nitrogens with one attached hydrogen (secondary N) is 1. The zero-order valence-electron chi connectivity index (χ0n) is 17.7. The van der Waals surface area contributed by atoms with Crippen LogP contribution in [0.3, 0.4) is 0 Å². The first-order valence-electron chi connectivity index (χ1n) is 10.7. The molecular weight excluding hydrogens is 408 g/mol. The van der Waals surface area contributed by atoms with Crippen LogP contribution >= 0.6 is 0 Å². The van der Waals surface area contributed by atoms with E-state index in [1.807, 2.05) is 43.6 Å². The van der Waals surface area contributed by atoms with Gasteiger partial charge in [-0.1, -0.05) is 24.3 Å². The van der Waals surface area contributed by atoms with Crippen molar-refractivity contribution >= 4 is 0 Å². The van der Waals surface area contributed by atoms with Crippen molar-refractivity contribution in [3.05, 3.63) is 95.1 Å². The van der Waals surface area contributed by atoms with Gasteiger partial charge in [0.1, 0.15) is 11.6 Å². The average molecular weight is 431 g/mol. The first-order chi connectivity index (χ1) is 15.6. The number of hydrogen-bond acceptors (Lipinski definition) is 4. The standard InChI is InChI=1S/C25H23F2N5/c1-16-5-2-3-6-21(16)25-29-13-17(14-30-25)12-28-23-7-4-8-24-22(23)15-31-32(24)20-10-18(26)9-19(27)11-20/h2-3,5-6,9-11,13-15,23,28H,4,7-8,12H2,1H3/t23-/m1/s1. The zero-order valence-corrected chi connectivity index (χ0v) is 17.7. The van der Waals surface area contributed by atoms with E-state index < -0.39 is 11.6 Å². The Morgan fingerprint density at radius 1 is 1.03 bits per heavy atom. The third-order valence-corrected chi connectivity index (χ3v) is 5.92. The Balaban J connectivity index is 1.32. The first-order valence-corrected chi connectivity index (χ1v) is 10.7. The predicted molar refractivity (Wildman–Crippen MR) is 118 cm³/mol.